The predicted octanol–water partition coefficient (Wildman–Crippen LogP) is 1.28. The SMILES string of the molecule is CCOCC1CCCN(S(=O)(=O)c2csnc2C(=O)O)C1. The molecule has 0 aliphatic carbocycles. The zero-order valence-electron chi connectivity index (χ0n) is 11.7. The highest BCUT2D eigenvalue weighted by Gasteiger charge is 2.34. The Morgan fingerprint density at radius 2 is 2.38 bits per heavy atom. The van der Waals surface area contributed by atoms with Crippen molar-refractivity contribution in [2.45, 2.75) is 24.7 Å². The van der Waals surface area contributed by atoms with Crippen LogP contribution >= 0.6 is 11.5 Å². The average Bonchev–Trinajstić information content (AvgIpc) is 2.96. The number of piperidine rings is 1. The van der Waals surface area contributed by atoms with Crippen molar-refractivity contribution < 1.29 is 23.1 Å². The van der Waals surface area contributed by atoms with Crippen LogP contribution in [0.1, 0.15) is 30.3 Å². The van der Waals surface area contributed by atoms with Gasteiger partial charge in [0.05, 0.1) is 6.61 Å². The Morgan fingerprint density at radius 1 is 1.62 bits per heavy atom. The van der Waals surface area contributed by atoms with Crippen LogP contribution < -0.4 is 0 Å². The van der Waals surface area contributed by atoms with Crippen LogP contribution in [-0.2, 0) is 14.8 Å². The van der Waals surface area contributed by atoms with E-state index in [2.05, 4.69) is 4.37 Å². The Kier molecular flexibility index (Phi) is 5.31. The Labute approximate surface area is 127 Å². The number of aromatic carboxylic acids is 1. The minimum atomic E-state index is -3.81. The van der Waals surface area contributed by atoms with E-state index in [0.29, 0.717) is 26.3 Å². The molecule has 2 rings (SSSR count). The summed E-state index contributed by atoms with van der Waals surface area (Å²) in [5.74, 6) is -1.17. The third kappa shape index (κ3) is 3.60. The number of hydrogen-bond donors (Lipinski definition) is 1. The summed E-state index contributed by atoms with van der Waals surface area (Å²) >= 11 is 0.839. The molecule has 0 radical (unpaired) electrons. The number of nitrogens with zero attached hydrogens (tertiary/aromatic N) is 2. The van der Waals surface area contributed by atoms with E-state index >= 15 is 0 Å². The van der Waals surface area contributed by atoms with Gasteiger partial charge in [-0.25, -0.2) is 13.2 Å². The largest absolute Gasteiger partial charge is 0.476 e. The molecule has 1 aromatic heterocycles. The first-order valence-electron chi connectivity index (χ1n) is 6.72. The van der Waals surface area contributed by atoms with Gasteiger partial charge in [-0.3, -0.25) is 0 Å². The fraction of sp³-hybridized carbons (Fsp3) is 0.667. The Morgan fingerprint density at radius 3 is 3.05 bits per heavy atom. The minimum absolute atomic E-state index is 0.147. The van der Waals surface area contributed by atoms with Crippen molar-refractivity contribution in [1.29, 1.82) is 0 Å². The number of rotatable bonds is 6. The predicted molar refractivity (Wildman–Crippen MR) is 77.0 cm³/mol. The molecule has 21 heavy (non-hydrogen) atoms. The number of sulfonamides is 1. The van der Waals surface area contributed by atoms with Gasteiger partial charge in [0.15, 0.2) is 5.69 Å². The number of carboxylic acids is 1. The lowest BCUT2D eigenvalue weighted by Gasteiger charge is -2.31. The quantitative estimate of drug-likeness (QED) is 0.842. The zero-order valence-corrected chi connectivity index (χ0v) is 13.3. The standard InChI is InChI=1S/C12H18N2O5S2/c1-2-19-7-9-4-3-5-14(6-9)21(17,18)10-8-20-13-11(10)12(15)16/h8-9H,2-7H2,1H3,(H,15,16). The van der Waals surface area contributed by atoms with Crippen LogP contribution in [0.2, 0.25) is 0 Å². The Balaban J connectivity index is 2.19. The van der Waals surface area contributed by atoms with Gasteiger partial charge in [0.1, 0.15) is 4.90 Å². The van der Waals surface area contributed by atoms with Crippen molar-refractivity contribution in [3.05, 3.63) is 11.1 Å². The second kappa shape index (κ2) is 6.82. The Hall–Kier alpha value is -1.03. The molecule has 1 aliphatic rings. The minimum Gasteiger partial charge on any atom is -0.476 e. The number of ether oxygens (including phenoxy) is 1. The van der Waals surface area contributed by atoms with Gasteiger partial charge in [0, 0.05) is 25.1 Å². The molecular formula is C12H18N2O5S2. The van der Waals surface area contributed by atoms with Crippen LogP contribution in [0.15, 0.2) is 10.3 Å². The summed E-state index contributed by atoms with van der Waals surface area (Å²) in [6.45, 7) is 3.78. The first-order chi connectivity index (χ1) is 9.96. The first-order valence-corrected chi connectivity index (χ1v) is 9.00. The summed E-state index contributed by atoms with van der Waals surface area (Å²) in [5.41, 5.74) is -0.396. The molecule has 0 spiro atoms. The first kappa shape index (κ1) is 16.3. The van der Waals surface area contributed by atoms with Crippen LogP contribution in [0.4, 0.5) is 0 Å². The van der Waals surface area contributed by atoms with Crippen molar-refractivity contribution in [3.8, 4) is 0 Å². The fourth-order valence-electron chi connectivity index (χ4n) is 2.36. The summed E-state index contributed by atoms with van der Waals surface area (Å²) in [6.07, 6.45) is 1.66. The molecule has 1 N–H and O–H groups in total. The fourth-order valence-corrected chi connectivity index (χ4v) is 5.01. The molecule has 1 atom stereocenters. The van der Waals surface area contributed by atoms with E-state index in [9.17, 15) is 13.2 Å². The van der Waals surface area contributed by atoms with E-state index in [-0.39, 0.29) is 10.8 Å². The molecule has 1 saturated heterocycles. The summed E-state index contributed by atoms with van der Waals surface area (Å²) in [4.78, 5) is 10.8. The van der Waals surface area contributed by atoms with Crippen LogP contribution in [0.3, 0.4) is 0 Å². The Bertz CT molecular complexity index is 599. The lowest BCUT2D eigenvalue weighted by atomic mass is 10.0. The van der Waals surface area contributed by atoms with Crippen molar-refractivity contribution in [1.82, 2.24) is 8.68 Å². The van der Waals surface area contributed by atoms with E-state index in [1.165, 1.54) is 9.69 Å². The second-order valence-electron chi connectivity index (χ2n) is 4.86. The smallest absolute Gasteiger partial charge is 0.357 e. The van der Waals surface area contributed by atoms with E-state index < -0.39 is 21.7 Å². The molecule has 0 amide bonds. The second-order valence-corrected chi connectivity index (χ2v) is 7.40. The maximum Gasteiger partial charge on any atom is 0.357 e. The lowest BCUT2D eigenvalue weighted by Crippen LogP contribution is -2.41. The van der Waals surface area contributed by atoms with Gasteiger partial charge in [-0.2, -0.15) is 8.68 Å². The molecule has 1 aliphatic heterocycles. The molecule has 118 valence electrons. The highest BCUT2D eigenvalue weighted by Crippen LogP contribution is 2.26. The number of carboxylic acid groups (broad SMARTS) is 1. The van der Waals surface area contributed by atoms with Gasteiger partial charge < -0.3 is 9.84 Å². The number of aromatic nitrogens is 1. The zero-order chi connectivity index (χ0) is 15.5. The van der Waals surface area contributed by atoms with Crippen LogP contribution in [0.25, 0.3) is 0 Å². The van der Waals surface area contributed by atoms with E-state index in [1.807, 2.05) is 6.92 Å². The molecular weight excluding hydrogens is 316 g/mol. The molecule has 7 nitrogen and oxygen atoms in total. The van der Waals surface area contributed by atoms with Gasteiger partial charge in [0.2, 0.25) is 10.0 Å². The van der Waals surface area contributed by atoms with E-state index in [1.54, 1.807) is 0 Å². The molecule has 2 heterocycles. The topological polar surface area (TPSA) is 96.8 Å². The van der Waals surface area contributed by atoms with Crippen LogP contribution in [-0.4, -0.2) is 54.5 Å². The molecule has 9 heteroatoms. The molecule has 1 unspecified atom stereocenters. The molecule has 0 bridgehead atoms. The van der Waals surface area contributed by atoms with Gasteiger partial charge in [-0.05, 0) is 37.2 Å². The lowest BCUT2D eigenvalue weighted by molar-refractivity contribution is 0.0686. The summed E-state index contributed by atoms with van der Waals surface area (Å²) in [6, 6.07) is 0. The maximum absolute atomic E-state index is 12.6. The third-order valence-electron chi connectivity index (χ3n) is 3.40. The highest BCUT2D eigenvalue weighted by molar-refractivity contribution is 7.89. The van der Waals surface area contributed by atoms with Crippen molar-refractivity contribution in [2.24, 2.45) is 5.92 Å². The average molecular weight is 334 g/mol. The van der Waals surface area contributed by atoms with Crippen LogP contribution in [0, 0.1) is 5.92 Å². The summed E-state index contributed by atoms with van der Waals surface area (Å²) < 4.78 is 35.5. The number of carbonyl (C=O) groups is 1. The maximum atomic E-state index is 12.6. The van der Waals surface area contributed by atoms with Gasteiger partial charge in [-0.1, -0.05) is 0 Å². The molecule has 1 fully saturated rings. The van der Waals surface area contributed by atoms with Crippen LogP contribution in [0.5, 0.6) is 0 Å². The third-order valence-corrected chi connectivity index (χ3v) is 6.05. The van der Waals surface area contributed by atoms with Gasteiger partial charge in [-0.15, -0.1) is 0 Å². The van der Waals surface area contributed by atoms with E-state index in [4.69, 9.17) is 9.84 Å². The molecule has 0 aromatic carbocycles. The highest BCUT2D eigenvalue weighted by atomic mass is 32.2. The number of hydrogen-bond acceptors (Lipinski definition) is 6. The summed E-state index contributed by atoms with van der Waals surface area (Å²) in [7, 11) is -3.81. The summed E-state index contributed by atoms with van der Waals surface area (Å²) in [5, 5.41) is 10.3. The van der Waals surface area contributed by atoms with Crippen molar-refractivity contribution in [2.75, 3.05) is 26.3 Å². The van der Waals surface area contributed by atoms with Crippen molar-refractivity contribution >= 4 is 27.5 Å². The van der Waals surface area contributed by atoms with Gasteiger partial charge in [0.25, 0.3) is 0 Å². The monoisotopic (exact) mass is 334 g/mol. The normalized spacial score (nSPS) is 20.5. The molecule has 1 aromatic rings. The van der Waals surface area contributed by atoms with Gasteiger partial charge >= 0.3 is 5.97 Å². The van der Waals surface area contributed by atoms with E-state index in [0.717, 1.165) is 24.4 Å². The van der Waals surface area contributed by atoms with Crippen molar-refractivity contribution in [3.63, 3.8) is 0 Å². The molecule has 0 saturated carbocycles.